The van der Waals surface area contributed by atoms with Gasteiger partial charge in [-0.1, -0.05) is 24.6 Å². The van der Waals surface area contributed by atoms with E-state index in [1.165, 1.54) is 35.7 Å². The summed E-state index contributed by atoms with van der Waals surface area (Å²) < 4.78 is 0. The summed E-state index contributed by atoms with van der Waals surface area (Å²) in [4.78, 5) is 15.0. The molecule has 2 N–H and O–H groups in total. The zero-order valence-corrected chi connectivity index (χ0v) is 11.8. The third-order valence-electron chi connectivity index (χ3n) is 4.34. The van der Waals surface area contributed by atoms with Crippen molar-refractivity contribution < 1.29 is 4.79 Å². The predicted molar refractivity (Wildman–Crippen MR) is 81.6 cm³/mol. The first-order chi connectivity index (χ1) is 9.83. The second-order valence-electron chi connectivity index (χ2n) is 5.81. The van der Waals surface area contributed by atoms with E-state index in [-0.39, 0.29) is 5.91 Å². The number of hydrogen-bond donors (Lipinski definition) is 2. The van der Waals surface area contributed by atoms with Crippen LogP contribution in [-0.2, 0) is 11.2 Å². The number of carbonyl (C=O) groups excluding carboxylic acids is 1. The van der Waals surface area contributed by atoms with E-state index in [9.17, 15) is 4.79 Å². The van der Waals surface area contributed by atoms with Crippen molar-refractivity contribution in [2.45, 2.75) is 38.5 Å². The Morgan fingerprint density at radius 3 is 2.95 bits per heavy atom. The molecule has 106 valence electrons. The molecule has 0 aliphatic heterocycles. The Morgan fingerprint density at radius 2 is 2.15 bits per heavy atom. The molecule has 0 radical (unpaired) electrons. The normalized spacial score (nSPS) is 15.2. The molecule has 3 nitrogen and oxygen atoms in total. The fourth-order valence-electron chi connectivity index (χ4n) is 2.82. The number of fused-ring (bicyclic) bond motifs is 1. The summed E-state index contributed by atoms with van der Waals surface area (Å²) in [6.45, 7) is 0.881. The second kappa shape index (κ2) is 6.12. The molecular formula is C17H22N2O. The summed E-state index contributed by atoms with van der Waals surface area (Å²) in [5, 5.41) is 4.34. The Balaban J connectivity index is 1.43. The van der Waals surface area contributed by atoms with E-state index in [1.807, 2.05) is 6.07 Å². The van der Waals surface area contributed by atoms with Crippen LogP contribution in [0, 0.1) is 5.92 Å². The summed E-state index contributed by atoms with van der Waals surface area (Å²) in [6.07, 6.45) is 8.48. The molecule has 0 bridgehead atoms. The smallest absolute Gasteiger partial charge is 0.220 e. The van der Waals surface area contributed by atoms with Crippen molar-refractivity contribution in [3.8, 4) is 0 Å². The minimum absolute atomic E-state index is 0.205. The molecule has 1 fully saturated rings. The van der Waals surface area contributed by atoms with Crippen LogP contribution in [0.25, 0.3) is 10.9 Å². The van der Waals surface area contributed by atoms with Crippen molar-refractivity contribution >= 4 is 16.8 Å². The van der Waals surface area contributed by atoms with Crippen LogP contribution in [0.1, 0.15) is 37.7 Å². The first-order valence-electron chi connectivity index (χ1n) is 7.64. The van der Waals surface area contributed by atoms with E-state index in [1.54, 1.807) is 0 Å². The van der Waals surface area contributed by atoms with Gasteiger partial charge in [0, 0.05) is 30.1 Å². The summed E-state index contributed by atoms with van der Waals surface area (Å²) in [7, 11) is 0. The molecule has 3 rings (SSSR count). The number of aromatic nitrogens is 1. The van der Waals surface area contributed by atoms with Gasteiger partial charge in [0.15, 0.2) is 0 Å². The van der Waals surface area contributed by atoms with E-state index >= 15 is 0 Å². The molecule has 1 aliphatic carbocycles. The fourth-order valence-corrected chi connectivity index (χ4v) is 2.82. The largest absolute Gasteiger partial charge is 0.361 e. The van der Waals surface area contributed by atoms with E-state index in [0.717, 1.165) is 25.3 Å². The number of hydrogen-bond acceptors (Lipinski definition) is 1. The molecule has 0 spiro atoms. The molecule has 1 heterocycles. The topological polar surface area (TPSA) is 44.9 Å². The zero-order chi connectivity index (χ0) is 13.8. The number of aryl methyl sites for hydroxylation is 1. The maximum atomic E-state index is 11.8. The lowest BCUT2D eigenvalue weighted by atomic mass is 9.85. The van der Waals surface area contributed by atoms with E-state index in [4.69, 9.17) is 0 Å². The van der Waals surface area contributed by atoms with Crippen LogP contribution in [0.3, 0.4) is 0 Å². The quantitative estimate of drug-likeness (QED) is 0.830. The number of rotatable bonds is 6. The van der Waals surface area contributed by atoms with E-state index in [2.05, 4.69) is 34.7 Å². The Morgan fingerprint density at radius 1 is 1.30 bits per heavy atom. The van der Waals surface area contributed by atoms with E-state index < -0.39 is 0 Å². The first-order valence-corrected chi connectivity index (χ1v) is 7.64. The third-order valence-corrected chi connectivity index (χ3v) is 4.34. The first kappa shape index (κ1) is 13.2. The lowest BCUT2D eigenvalue weighted by molar-refractivity contribution is -0.121. The lowest BCUT2D eigenvalue weighted by Crippen LogP contribution is -2.31. The van der Waals surface area contributed by atoms with Crippen molar-refractivity contribution in [3.63, 3.8) is 0 Å². The summed E-state index contributed by atoms with van der Waals surface area (Å²) in [6, 6.07) is 8.32. The fraction of sp³-hybridized carbons (Fsp3) is 0.471. The van der Waals surface area contributed by atoms with Gasteiger partial charge in [-0.25, -0.2) is 0 Å². The van der Waals surface area contributed by atoms with Gasteiger partial charge in [0.05, 0.1) is 0 Å². The molecule has 0 unspecified atom stereocenters. The zero-order valence-electron chi connectivity index (χ0n) is 11.8. The number of amides is 1. The number of nitrogens with one attached hydrogen (secondary N) is 2. The minimum atomic E-state index is 0.205. The lowest BCUT2D eigenvalue weighted by Gasteiger charge is -2.25. The average molecular weight is 270 g/mol. The van der Waals surface area contributed by atoms with Crippen LogP contribution < -0.4 is 5.32 Å². The number of carbonyl (C=O) groups is 1. The molecule has 20 heavy (non-hydrogen) atoms. The van der Waals surface area contributed by atoms with E-state index in [0.29, 0.717) is 6.42 Å². The minimum Gasteiger partial charge on any atom is -0.361 e. The van der Waals surface area contributed by atoms with Gasteiger partial charge < -0.3 is 10.3 Å². The standard InChI is InChI=1S/C17H22N2O/c20-17(19-11-13-5-3-6-13)10-4-7-14-12-18-16-9-2-1-8-15(14)16/h1-2,8-9,12-13,18H,3-7,10-11H2,(H,19,20). The molecule has 0 saturated heterocycles. The number of H-pyrrole nitrogens is 1. The van der Waals surface area contributed by atoms with Gasteiger partial charge in [-0.2, -0.15) is 0 Å². The molecule has 1 aromatic carbocycles. The maximum absolute atomic E-state index is 11.8. The van der Waals surface area contributed by atoms with Crippen molar-refractivity contribution in [2.24, 2.45) is 5.92 Å². The highest BCUT2D eigenvalue weighted by Crippen LogP contribution is 2.25. The monoisotopic (exact) mass is 270 g/mol. The van der Waals surface area contributed by atoms with Crippen LogP contribution in [0.4, 0.5) is 0 Å². The number of benzene rings is 1. The SMILES string of the molecule is O=C(CCCc1c[nH]c2ccccc12)NCC1CCC1. The molecule has 1 aliphatic rings. The van der Waals surface area contributed by atoms with Gasteiger partial charge in [0.1, 0.15) is 0 Å². The Bertz CT molecular complexity index is 583. The van der Waals surface area contributed by atoms with Gasteiger partial charge in [-0.05, 0) is 43.2 Å². The summed E-state index contributed by atoms with van der Waals surface area (Å²) in [5.74, 6) is 0.948. The Labute approximate surface area is 119 Å². The molecule has 0 atom stereocenters. The molecular weight excluding hydrogens is 248 g/mol. The van der Waals surface area contributed by atoms with Gasteiger partial charge in [-0.15, -0.1) is 0 Å². The molecule has 2 aromatic rings. The van der Waals surface area contributed by atoms with Crippen molar-refractivity contribution in [1.29, 1.82) is 0 Å². The number of para-hydroxylation sites is 1. The van der Waals surface area contributed by atoms with Crippen molar-refractivity contribution in [2.75, 3.05) is 6.54 Å². The molecule has 1 amide bonds. The average Bonchev–Trinajstić information content (AvgIpc) is 2.81. The Hall–Kier alpha value is -1.77. The van der Waals surface area contributed by atoms with Crippen LogP contribution in [0.2, 0.25) is 0 Å². The molecule has 1 saturated carbocycles. The predicted octanol–water partition coefficient (Wildman–Crippen LogP) is 3.41. The number of aromatic amines is 1. The highest BCUT2D eigenvalue weighted by atomic mass is 16.1. The Kier molecular flexibility index (Phi) is 4.05. The van der Waals surface area contributed by atoms with Gasteiger partial charge >= 0.3 is 0 Å². The second-order valence-corrected chi connectivity index (χ2v) is 5.81. The molecule has 3 heteroatoms. The van der Waals surface area contributed by atoms with Crippen LogP contribution in [-0.4, -0.2) is 17.4 Å². The van der Waals surface area contributed by atoms with Crippen LogP contribution in [0.15, 0.2) is 30.5 Å². The maximum Gasteiger partial charge on any atom is 0.220 e. The van der Waals surface area contributed by atoms with Crippen LogP contribution in [0.5, 0.6) is 0 Å². The molecule has 1 aromatic heterocycles. The van der Waals surface area contributed by atoms with Gasteiger partial charge in [-0.3, -0.25) is 4.79 Å². The summed E-state index contributed by atoms with van der Waals surface area (Å²) in [5.41, 5.74) is 2.49. The van der Waals surface area contributed by atoms with Gasteiger partial charge in [0.25, 0.3) is 0 Å². The van der Waals surface area contributed by atoms with Crippen molar-refractivity contribution in [1.82, 2.24) is 10.3 Å². The van der Waals surface area contributed by atoms with Gasteiger partial charge in [0.2, 0.25) is 5.91 Å². The van der Waals surface area contributed by atoms with Crippen molar-refractivity contribution in [3.05, 3.63) is 36.0 Å². The third kappa shape index (κ3) is 3.03. The van der Waals surface area contributed by atoms with Crippen LogP contribution >= 0.6 is 0 Å². The summed E-state index contributed by atoms with van der Waals surface area (Å²) >= 11 is 0. The highest BCUT2D eigenvalue weighted by molar-refractivity contribution is 5.83. The highest BCUT2D eigenvalue weighted by Gasteiger charge is 2.17.